The zero-order chi connectivity index (χ0) is 11.9. The lowest BCUT2D eigenvalue weighted by molar-refractivity contribution is 0.102. The van der Waals surface area contributed by atoms with Crippen LogP contribution in [0.2, 0.25) is 5.02 Å². The Labute approximate surface area is 109 Å². The van der Waals surface area contributed by atoms with Gasteiger partial charge in [-0.1, -0.05) is 61.9 Å². The molecule has 0 heterocycles. The van der Waals surface area contributed by atoms with Crippen LogP contribution in [0.1, 0.15) is 44.1 Å². The van der Waals surface area contributed by atoms with E-state index in [0.29, 0.717) is 6.61 Å². The lowest BCUT2D eigenvalue weighted by Crippen LogP contribution is -2.09. The monoisotopic (exact) mass is 252 g/mol. The number of hydrogen-bond acceptors (Lipinski definition) is 1. The molecule has 1 saturated carbocycles. The van der Waals surface area contributed by atoms with Crippen LogP contribution in [-0.4, -0.2) is 6.61 Å². The van der Waals surface area contributed by atoms with Crippen molar-refractivity contribution in [3.8, 4) is 0 Å². The first-order valence-electron chi connectivity index (χ1n) is 6.67. The molecule has 1 fully saturated rings. The number of ether oxygens (including phenoxy) is 1. The molecule has 1 nitrogen and oxygen atoms in total. The zero-order valence-electron chi connectivity index (χ0n) is 10.3. The van der Waals surface area contributed by atoms with E-state index in [-0.39, 0.29) is 0 Å². The highest BCUT2D eigenvalue weighted by Gasteiger charge is 2.12. The van der Waals surface area contributed by atoms with Crippen molar-refractivity contribution in [2.75, 3.05) is 6.61 Å². The second-order valence-corrected chi connectivity index (χ2v) is 5.34. The third-order valence-electron chi connectivity index (χ3n) is 3.61. The van der Waals surface area contributed by atoms with Crippen molar-refractivity contribution in [1.82, 2.24) is 0 Å². The van der Waals surface area contributed by atoms with Crippen molar-refractivity contribution in [1.29, 1.82) is 0 Å². The van der Waals surface area contributed by atoms with Crippen LogP contribution in [0.3, 0.4) is 0 Å². The van der Waals surface area contributed by atoms with Gasteiger partial charge in [-0.15, -0.1) is 0 Å². The van der Waals surface area contributed by atoms with Gasteiger partial charge in [-0.3, -0.25) is 0 Å². The summed E-state index contributed by atoms with van der Waals surface area (Å²) in [5, 5.41) is 0.810. The maximum absolute atomic E-state index is 6.07. The predicted molar refractivity (Wildman–Crippen MR) is 72.3 cm³/mol. The molecule has 94 valence electrons. The van der Waals surface area contributed by atoms with Gasteiger partial charge in [-0.05, 0) is 24.0 Å². The van der Waals surface area contributed by atoms with Gasteiger partial charge < -0.3 is 4.74 Å². The summed E-state index contributed by atoms with van der Waals surface area (Å²) >= 11 is 6.07. The highest BCUT2D eigenvalue weighted by molar-refractivity contribution is 6.31. The fraction of sp³-hybridized carbons (Fsp3) is 0.600. The van der Waals surface area contributed by atoms with E-state index in [1.807, 2.05) is 24.3 Å². The number of benzene rings is 1. The Morgan fingerprint density at radius 1 is 1.12 bits per heavy atom. The second kappa shape index (κ2) is 7.03. The largest absolute Gasteiger partial charge is 0.377 e. The van der Waals surface area contributed by atoms with Gasteiger partial charge in [0.05, 0.1) is 6.61 Å². The van der Waals surface area contributed by atoms with E-state index in [2.05, 4.69) is 0 Å². The van der Waals surface area contributed by atoms with Crippen LogP contribution in [0, 0.1) is 5.92 Å². The van der Waals surface area contributed by atoms with E-state index in [1.165, 1.54) is 38.5 Å². The van der Waals surface area contributed by atoms with E-state index in [4.69, 9.17) is 16.3 Å². The third-order valence-corrected chi connectivity index (χ3v) is 3.98. The first-order valence-corrected chi connectivity index (χ1v) is 7.05. The molecule has 17 heavy (non-hydrogen) atoms. The molecule has 0 saturated heterocycles. The SMILES string of the molecule is Clc1ccccc1COCCC1CCCCC1. The minimum absolute atomic E-state index is 0.645. The minimum atomic E-state index is 0.645. The van der Waals surface area contributed by atoms with Crippen molar-refractivity contribution in [2.24, 2.45) is 5.92 Å². The van der Waals surface area contributed by atoms with Crippen molar-refractivity contribution in [3.05, 3.63) is 34.9 Å². The van der Waals surface area contributed by atoms with Gasteiger partial charge in [0.2, 0.25) is 0 Å². The molecule has 1 aromatic rings. The summed E-state index contributed by atoms with van der Waals surface area (Å²) < 4.78 is 5.72. The highest BCUT2D eigenvalue weighted by Crippen LogP contribution is 2.26. The second-order valence-electron chi connectivity index (χ2n) is 4.94. The Morgan fingerprint density at radius 3 is 2.65 bits per heavy atom. The summed E-state index contributed by atoms with van der Waals surface area (Å²) in [5.41, 5.74) is 1.10. The van der Waals surface area contributed by atoms with Crippen molar-refractivity contribution in [3.63, 3.8) is 0 Å². The molecule has 1 aliphatic rings. The van der Waals surface area contributed by atoms with Gasteiger partial charge in [-0.25, -0.2) is 0 Å². The first kappa shape index (κ1) is 12.9. The number of rotatable bonds is 5. The van der Waals surface area contributed by atoms with Crippen LogP contribution in [0.25, 0.3) is 0 Å². The smallest absolute Gasteiger partial charge is 0.0731 e. The molecule has 0 atom stereocenters. The number of halogens is 1. The summed E-state index contributed by atoms with van der Waals surface area (Å²) in [6, 6.07) is 7.91. The van der Waals surface area contributed by atoms with Gasteiger partial charge in [0.25, 0.3) is 0 Å². The molecular weight excluding hydrogens is 232 g/mol. The first-order chi connectivity index (χ1) is 8.36. The fourth-order valence-corrected chi connectivity index (χ4v) is 2.71. The molecule has 0 radical (unpaired) electrons. The van der Waals surface area contributed by atoms with Crippen molar-refractivity contribution >= 4 is 11.6 Å². The Balaban J connectivity index is 1.64. The maximum atomic E-state index is 6.07. The molecule has 0 spiro atoms. The molecule has 0 bridgehead atoms. The van der Waals surface area contributed by atoms with Crippen molar-refractivity contribution in [2.45, 2.75) is 45.1 Å². The maximum Gasteiger partial charge on any atom is 0.0731 e. The van der Waals surface area contributed by atoms with Gasteiger partial charge >= 0.3 is 0 Å². The van der Waals surface area contributed by atoms with Gasteiger partial charge in [0, 0.05) is 11.6 Å². The standard InChI is InChI=1S/C15H21ClO/c16-15-9-5-4-8-14(15)12-17-11-10-13-6-2-1-3-7-13/h4-5,8-9,13H,1-3,6-7,10-12H2. The summed E-state index contributed by atoms with van der Waals surface area (Å²) in [6.07, 6.45) is 8.26. The minimum Gasteiger partial charge on any atom is -0.377 e. The summed E-state index contributed by atoms with van der Waals surface area (Å²) in [7, 11) is 0. The van der Waals surface area contributed by atoms with Crippen LogP contribution in [-0.2, 0) is 11.3 Å². The topological polar surface area (TPSA) is 9.23 Å². The van der Waals surface area contributed by atoms with E-state index in [0.717, 1.165) is 23.1 Å². The molecule has 0 N–H and O–H groups in total. The summed E-state index contributed by atoms with van der Waals surface area (Å²) in [4.78, 5) is 0. The van der Waals surface area contributed by atoms with Gasteiger partial charge in [-0.2, -0.15) is 0 Å². The van der Waals surface area contributed by atoms with Crippen LogP contribution in [0.5, 0.6) is 0 Å². The third kappa shape index (κ3) is 4.33. The van der Waals surface area contributed by atoms with Crippen LogP contribution in [0.15, 0.2) is 24.3 Å². The normalized spacial score (nSPS) is 17.2. The average Bonchev–Trinajstić information content (AvgIpc) is 2.38. The molecule has 0 aliphatic heterocycles. The molecule has 1 aliphatic carbocycles. The Kier molecular flexibility index (Phi) is 5.34. The van der Waals surface area contributed by atoms with E-state index < -0.39 is 0 Å². The Bertz CT molecular complexity index is 331. The van der Waals surface area contributed by atoms with E-state index >= 15 is 0 Å². The highest BCUT2D eigenvalue weighted by atomic mass is 35.5. The molecule has 0 unspecified atom stereocenters. The molecule has 2 heteroatoms. The summed E-state index contributed by atoms with van der Waals surface area (Å²) in [5.74, 6) is 0.898. The van der Waals surface area contributed by atoms with Crippen LogP contribution >= 0.6 is 11.6 Å². The molecular formula is C15H21ClO. The molecule has 0 aromatic heterocycles. The van der Waals surface area contributed by atoms with E-state index in [1.54, 1.807) is 0 Å². The molecule has 0 amide bonds. The van der Waals surface area contributed by atoms with Crippen LogP contribution < -0.4 is 0 Å². The van der Waals surface area contributed by atoms with Gasteiger partial charge in [0.15, 0.2) is 0 Å². The fourth-order valence-electron chi connectivity index (χ4n) is 2.52. The Morgan fingerprint density at radius 2 is 1.88 bits per heavy atom. The molecule has 2 rings (SSSR count). The number of hydrogen-bond donors (Lipinski definition) is 0. The zero-order valence-corrected chi connectivity index (χ0v) is 11.1. The Hall–Kier alpha value is -0.530. The molecule has 1 aromatic carbocycles. The predicted octanol–water partition coefficient (Wildman–Crippen LogP) is 4.83. The quantitative estimate of drug-likeness (QED) is 0.683. The lowest BCUT2D eigenvalue weighted by Gasteiger charge is -2.21. The average molecular weight is 253 g/mol. The van der Waals surface area contributed by atoms with Gasteiger partial charge in [0.1, 0.15) is 0 Å². The van der Waals surface area contributed by atoms with E-state index in [9.17, 15) is 0 Å². The lowest BCUT2D eigenvalue weighted by atomic mass is 9.87. The van der Waals surface area contributed by atoms with Crippen molar-refractivity contribution < 1.29 is 4.74 Å². The van der Waals surface area contributed by atoms with Crippen LogP contribution in [0.4, 0.5) is 0 Å². The summed E-state index contributed by atoms with van der Waals surface area (Å²) in [6.45, 7) is 1.52.